The maximum Gasteiger partial charge on any atom is 0.429 e. The van der Waals surface area contributed by atoms with Crippen LogP contribution >= 0.6 is 0 Å². The highest BCUT2D eigenvalue weighted by Gasteiger charge is 2.44. The molecule has 2 N–H and O–H groups in total. The smallest absolute Gasteiger partial charge is 0.429 e. The van der Waals surface area contributed by atoms with E-state index in [0.29, 0.717) is 22.8 Å². The minimum atomic E-state index is -4.82. The Morgan fingerprint density at radius 2 is 1.84 bits per heavy atom. The van der Waals surface area contributed by atoms with Crippen LogP contribution < -0.4 is 9.46 Å². The molecule has 4 rings (SSSR count). The summed E-state index contributed by atoms with van der Waals surface area (Å²) in [4.78, 5) is 8.27. The summed E-state index contributed by atoms with van der Waals surface area (Å²) in [7, 11) is -3.86. The SMILES string of the molecule is CCCS(=O)(=O)Nc1nc2ccccc2nc1OC(c1ccc2cn[nH]c2c1)C(F)(F)F. The molecule has 0 saturated carbocycles. The lowest BCUT2D eigenvalue weighted by Crippen LogP contribution is -2.27. The number of hydrogen-bond donors (Lipinski definition) is 2. The average molecular weight is 465 g/mol. The molecule has 0 saturated heterocycles. The van der Waals surface area contributed by atoms with Crippen molar-refractivity contribution in [1.82, 2.24) is 20.2 Å². The quantitative estimate of drug-likeness (QED) is 0.420. The molecule has 2 heterocycles. The van der Waals surface area contributed by atoms with Gasteiger partial charge in [-0.25, -0.2) is 18.4 Å². The monoisotopic (exact) mass is 465 g/mol. The van der Waals surface area contributed by atoms with Crippen molar-refractivity contribution in [3.05, 3.63) is 54.2 Å². The average Bonchev–Trinajstić information content (AvgIpc) is 3.18. The van der Waals surface area contributed by atoms with Gasteiger partial charge in [0, 0.05) is 10.9 Å². The Kier molecular flexibility index (Phi) is 5.63. The van der Waals surface area contributed by atoms with E-state index < -0.39 is 34.0 Å². The van der Waals surface area contributed by atoms with Crippen LogP contribution in [-0.4, -0.2) is 40.5 Å². The second-order valence-electron chi connectivity index (χ2n) is 7.04. The minimum absolute atomic E-state index is 0.202. The Balaban J connectivity index is 1.81. The third kappa shape index (κ3) is 4.59. The number of sulfonamides is 1. The van der Waals surface area contributed by atoms with Gasteiger partial charge >= 0.3 is 6.18 Å². The van der Waals surface area contributed by atoms with Gasteiger partial charge in [0.05, 0.1) is 28.5 Å². The normalized spacial score (nSPS) is 13.4. The van der Waals surface area contributed by atoms with E-state index in [1.165, 1.54) is 24.4 Å². The molecule has 0 spiro atoms. The third-order valence-electron chi connectivity index (χ3n) is 4.56. The van der Waals surface area contributed by atoms with Gasteiger partial charge in [0.1, 0.15) is 0 Å². The van der Waals surface area contributed by atoms with Crippen LogP contribution in [-0.2, 0) is 10.0 Å². The zero-order valence-electron chi connectivity index (χ0n) is 16.7. The predicted octanol–water partition coefficient (Wildman–Crippen LogP) is 4.34. The van der Waals surface area contributed by atoms with Crippen molar-refractivity contribution >= 4 is 37.8 Å². The van der Waals surface area contributed by atoms with Crippen LogP contribution in [0.2, 0.25) is 0 Å². The first-order valence-electron chi connectivity index (χ1n) is 9.60. The number of rotatable bonds is 7. The lowest BCUT2D eigenvalue weighted by molar-refractivity contribution is -0.198. The van der Waals surface area contributed by atoms with Gasteiger partial charge in [-0.15, -0.1) is 0 Å². The van der Waals surface area contributed by atoms with Gasteiger partial charge in [-0.2, -0.15) is 18.3 Å². The predicted molar refractivity (Wildman–Crippen MR) is 113 cm³/mol. The molecule has 0 fully saturated rings. The number of aromatic amines is 1. The third-order valence-corrected chi connectivity index (χ3v) is 6.01. The van der Waals surface area contributed by atoms with Crippen molar-refractivity contribution in [2.45, 2.75) is 25.6 Å². The van der Waals surface area contributed by atoms with Crippen molar-refractivity contribution < 1.29 is 26.3 Å². The summed E-state index contributed by atoms with van der Waals surface area (Å²) in [6, 6.07) is 10.4. The van der Waals surface area contributed by atoms with E-state index in [4.69, 9.17) is 4.74 Å². The van der Waals surface area contributed by atoms with Gasteiger partial charge in [0.2, 0.25) is 21.9 Å². The van der Waals surface area contributed by atoms with Crippen molar-refractivity contribution in [3.8, 4) is 5.88 Å². The molecule has 2 aromatic carbocycles. The first kappa shape index (κ1) is 21.8. The number of fused-ring (bicyclic) bond motifs is 2. The molecule has 168 valence electrons. The minimum Gasteiger partial charge on any atom is -0.457 e. The van der Waals surface area contributed by atoms with Crippen LogP contribution in [0.4, 0.5) is 19.0 Å². The van der Waals surface area contributed by atoms with Crippen LogP contribution in [0.25, 0.3) is 21.9 Å². The van der Waals surface area contributed by atoms with Gasteiger partial charge in [-0.1, -0.05) is 31.2 Å². The number of H-pyrrole nitrogens is 1. The van der Waals surface area contributed by atoms with Crippen LogP contribution in [0.15, 0.2) is 48.7 Å². The number of aromatic nitrogens is 4. The summed E-state index contributed by atoms with van der Waals surface area (Å²) in [6.45, 7) is 1.66. The van der Waals surface area contributed by atoms with Crippen molar-refractivity contribution in [2.24, 2.45) is 0 Å². The second kappa shape index (κ2) is 8.26. The molecule has 32 heavy (non-hydrogen) atoms. The number of nitrogens with one attached hydrogen (secondary N) is 2. The molecule has 1 unspecified atom stereocenters. The highest BCUT2D eigenvalue weighted by molar-refractivity contribution is 7.92. The number of nitrogens with zero attached hydrogens (tertiary/aromatic N) is 3. The lowest BCUT2D eigenvalue weighted by Gasteiger charge is -2.23. The number of hydrogen-bond acceptors (Lipinski definition) is 6. The molecule has 4 aromatic rings. The van der Waals surface area contributed by atoms with Crippen LogP contribution in [0.1, 0.15) is 25.0 Å². The second-order valence-corrected chi connectivity index (χ2v) is 8.89. The molecule has 0 amide bonds. The fourth-order valence-electron chi connectivity index (χ4n) is 3.15. The highest BCUT2D eigenvalue weighted by atomic mass is 32.2. The molecule has 2 aromatic heterocycles. The van der Waals surface area contributed by atoms with Gasteiger partial charge < -0.3 is 4.74 Å². The summed E-state index contributed by atoms with van der Waals surface area (Å²) in [5.41, 5.74) is 0.753. The molecular weight excluding hydrogens is 447 g/mol. The van der Waals surface area contributed by atoms with Gasteiger partial charge in [0.25, 0.3) is 5.88 Å². The van der Waals surface area contributed by atoms with E-state index in [1.807, 2.05) is 0 Å². The molecule has 0 aliphatic rings. The lowest BCUT2D eigenvalue weighted by atomic mass is 10.1. The Morgan fingerprint density at radius 3 is 2.53 bits per heavy atom. The molecule has 0 aliphatic carbocycles. The molecular formula is C20H18F3N5O3S. The highest BCUT2D eigenvalue weighted by Crippen LogP contribution is 2.39. The zero-order chi connectivity index (χ0) is 22.9. The van der Waals surface area contributed by atoms with E-state index in [0.717, 1.165) is 0 Å². The summed E-state index contributed by atoms with van der Waals surface area (Å²) < 4.78 is 74.0. The van der Waals surface area contributed by atoms with Crippen molar-refractivity contribution in [2.75, 3.05) is 10.5 Å². The van der Waals surface area contributed by atoms with Crippen molar-refractivity contribution in [3.63, 3.8) is 0 Å². The van der Waals surface area contributed by atoms with Crippen molar-refractivity contribution in [1.29, 1.82) is 0 Å². The van der Waals surface area contributed by atoms with Gasteiger partial charge in [-0.05, 0) is 24.6 Å². The summed E-state index contributed by atoms with van der Waals surface area (Å²) >= 11 is 0. The Morgan fingerprint density at radius 1 is 1.12 bits per heavy atom. The maximum atomic E-state index is 14.0. The first-order valence-corrected chi connectivity index (χ1v) is 11.2. The van der Waals surface area contributed by atoms with E-state index in [1.54, 1.807) is 31.2 Å². The fraction of sp³-hybridized carbons (Fsp3) is 0.250. The van der Waals surface area contributed by atoms with E-state index in [9.17, 15) is 21.6 Å². The van der Waals surface area contributed by atoms with E-state index >= 15 is 0 Å². The standard InChI is InChI=1S/C20H18F3N5O3S/c1-2-9-32(29,30)28-18-19(26-15-6-4-3-5-14(15)25-18)31-17(20(21,22)23)12-7-8-13-11-24-27-16(13)10-12/h3-8,10-11,17H,2,9H2,1H3,(H,24,27)(H,25,28). The number of halogens is 3. The molecule has 8 nitrogen and oxygen atoms in total. The fourth-order valence-corrected chi connectivity index (χ4v) is 4.22. The zero-order valence-corrected chi connectivity index (χ0v) is 17.5. The van der Waals surface area contributed by atoms with Crippen LogP contribution in [0, 0.1) is 0 Å². The molecule has 1 atom stereocenters. The number of benzene rings is 2. The van der Waals surface area contributed by atoms with E-state index in [2.05, 4.69) is 24.9 Å². The van der Waals surface area contributed by atoms with Gasteiger partial charge in [0.15, 0.2) is 0 Å². The van der Waals surface area contributed by atoms with Gasteiger partial charge in [-0.3, -0.25) is 9.82 Å². The van der Waals surface area contributed by atoms with Crippen LogP contribution in [0.3, 0.4) is 0 Å². The van der Waals surface area contributed by atoms with E-state index in [-0.39, 0.29) is 16.8 Å². The number of anilines is 1. The maximum absolute atomic E-state index is 14.0. The number of para-hydroxylation sites is 2. The van der Waals surface area contributed by atoms with Crippen LogP contribution in [0.5, 0.6) is 5.88 Å². The summed E-state index contributed by atoms with van der Waals surface area (Å²) in [5, 5.41) is 7.06. The number of ether oxygens (including phenoxy) is 1. The first-order chi connectivity index (χ1) is 15.2. The number of alkyl halides is 3. The molecule has 0 radical (unpaired) electrons. The molecule has 0 bridgehead atoms. The summed E-state index contributed by atoms with van der Waals surface area (Å²) in [6.07, 6.45) is -5.44. The Bertz CT molecular complexity index is 1370. The largest absolute Gasteiger partial charge is 0.457 e. The Labute approximate surface area is 180 Å². The molecule has 12 heteroatoms. The summed E-state index contributed by atoms with van der Waals surface area (Å²) in [5.74, 6) is -1.22. The molecule has 0 aliphatic heterocycles. The Hall–Kier alpha value is -3.41. The topological polar surface area (TPSA) is 110 Å².